The standard InChI is InChI=1S/C96H104N7.Mn/c1-89(2,3)65-41-25-57(26-42-65)73-75(59-29-45-67(46-30-59)91(7,8)9)83-97-81(73)82-74(58-27-43-66(44-28-58)90(4,5)6)76(60-31-47-68(48-32-60)92(10,11)12)84(98-82)100-86-78(62-35-51-70(52-36-62)94(16,17)18)80(64-39-55-72(56-40-64)96(22,23)24)88(102-86)103-87-79(63-37-53-71(54-38-63)95(19,20)21)77(85(99-83)101-87)61-33-49-69(50-34-61)93(13,14)15;/h25-56H,1-24H3;/q-3;+3. The van der Waals surface area contributed by atoms with Crippen LogP contribution in [0.4, 0.5) is 0 Å². The third kappa shape index (κ3) is 14.7. The Morgan fingerprint density at radius 2 is 0.346 bits per heavy atom. The third-order valence-corrected chi connectivity index (χ3v) is 20.9. The summed E-state index contributed by atoms with van der Waals surface area (Å²) in [7, 11) is 0. The molecule has 530 valence electrons. The molecule has 0 amide bonds. The molecular weight excluding hydrogens is 1310 g/mol. The molecule has 4 aromatic heterocycles. The molecule has 0 unspecified atom stereocenters. The van der Waals surface area contributed by atoms with Crippen LogP contribution in [0.5, 0.6) is 0 Å². The van der Waals surface area contributed by atoms with Crippen molar-refractivity contribution in [2.24, 2.45) is 0 Å². The van der Waals surface area contributed by atoms with Crippen molar-refractivity contribution in [2.75, 3.05) is 0 Å². The summed E-state index contributed by atoms with van der Waals surface area (Å²) < 4.78 is 0. The molecule has 0 N–H and O–H groups in total. The Morgan fingerprint density at radius 3 is 0.558 bits per heavy atom. The first kappa shape index (κ1) is 74.5. The van der Waals surface area contributed by atoms with Gasteiger partial charge in [0, 0.05) is 22.4 Å². The van der Waals surface area contributed by atoms with Crippen LogP contribution in [-0.4, -0.2) is 19.9 Å². The van der Waals surface area contributed by atoms with Crippen molar-refractivity contribution in [1.29, 1.82) is 0 Å². The Morgan fingerprint density at radius 1 is 0.183 bits per heavy atom. The molecule has 0 spiro atoms. The van der Waals surface area contributed by atoms with Gasteiger partial charge in [-0.25, -0.2) is 4.98 Å². The molecule has 8 aromatic carbocycles. The van der Waals surface area contributed by atoms with E-state index in [1.807, 2.05) is 0 Å². The summed E-state index contributed by atoms with van der Waals surface area (Å²) in [5.41, 5.74) is 26.8. The third-order valence-electron chi connectivity index (χ3n) is 20.9. The summed E-state index contributed by atoms with van der Waals surface area (Å²) in [6.45, 7) is 54.4. The van der Waals surface area contributed by atoms with E-state index in [1.165, 1.54) is 44.5 Å². The monoisotopic (exact) mass is 1410 g/mol. The van der Waals surface area contributed by atoms with E-state index in [1.54, 1.807) is 0 Å². The van der Waals surface area contributed by atoms with Crippen molar-refractivity contribution in [3.63, 3.8) is 0 Å². The van der Waals surface area contributed by atoms with E-state index in [-0.39, 0.29) is 60.4 Å². The number of aromatic nitrogens is 7. The summed E-state index contributed by atoms with van der Waals surface area (Å²) >= 11 is 0. The second-order valence-corrected chi connectivity index (χ2v) is 37.0. The molecule has 8 bridgehead atoms. The van der Waals surface area contributed by atoms with Crippen molar-refractivity contribution < 1.29 is 17.1 Å². The zero-order valence-electron chi connectivity index (χ0n) is 66.0. The maximum absolute atomic E-state index is 6.07. The number of nitrogens with zero attached hydrogens (tertiary/aromatic N) is 7. The Kier molecular flexibility index (Phi) is 19.2. The van der Waals surface area contributed by atoms with Crippen LogP contribution in [0.3, 0.4) is 0 Å². The van der Waals surface area contributed by atoms with Crippen LogP contribution >= 0.6 is 0 Å². The van der Waals surface area contributed by atoms with E-state index in [2.05, 4.69) is 360 Å². The number of hydrogen-bond acceptors (Lipinski definition) is 4. The first-order chi connectivity index (χ1) is 48.1. The largest absolute Gasteiger partial charge is 3.00 e. The van der Waals surface area contributed by atoms with Crippen molar-refractivity contribution in [3.8, 4) is 66.8 Å². The van der Waals surface area contributed by atoms with Gasteiger partial charge in [-0.3, -0.25) is 0 Å². The molecule has 0 saturated carbocycles. The van der Waals surface area contributed by atoms with E-state index in [0.717, 1.165) is 89.0 Å². The second-order valence-electron chi connectivity index (χ2n) is 37.0. The molecule has 104 heavy (non-hydrogen) atoms. The summed E-state index contributed by atoms with van der Waals surface area (Å²) in [6, 6.07) is 72.3. The normalized spacial score (nSPS) is 13.3. The van der Waals surface area contributed by atoms with E-state index >= 15 is 0 Å². The Bertz CT molecular complexity index is 5330. The zero-order chi connectivity index (χ0) is 74.1. The van der Waals surface area contributed by atoms with Crippen molar-refractivity contribution in [3.05, 3.63) is 261 Å². The average Bonchev–Trinajstić information content (AvgIpc) is 1.57. The maximum atomic E-state index is 6.07. The molecule has 1 aliphatic rings. The number of hydrogen-bond donors (Lipinski definition) is 0. The van der Waals surface area contributed by atoms with Gasteiger partial charge in [0.05, 0.1) is 11.6 Å². The molecule has 7 nitrogen and oxygen atoms in total. The van der Waals surface area contributed by atoms with Gasteiger partial charge < -0.3 is 29.9 Å². The summed E-state index contributed by atoms with van der Waals surface area (Å²) in [6.07, 6.45) is 0. The first-order valence-corrected chi connectivity index (χ1v) is 37.0. The Balaban J connectivity index is 0.0000102. The molecule has 0 atom stereocenters. The maximum Gasteiger partial charge on any atom is 3.00 e. The van der Waals surface area contributed by atoms with Gasteiger partial charge in [-0.1, -0.05) is 360 Å². The van der Waals surface area contributed by atoms with Gasteiger partial charge >= 0.3 is 17.1 Å². The number of rotatable bonds is 8. The molecule has 0 fully saturated rings. The summed E-state index contributed by atoms with van der Waals surface area (Å²) in [4.78, 5) is 41.9. The topological polar surface area (TPSA) is 93.9 Å². The second kappa shape index (κ2) is 26.7. The van der Waals surface area contributed by atoms with Gasteiger partial charge in [0.25, 0.3) is 0 Å². The minimum atomic E-state index is -0.118. The van der Waals surface area contributed by atoms with Crippen LogP contribution in [0, 0.1) is 0 Å². The number of benzene rings is 8. The Labute approximate surface area is 630 Å². The number of fused-ring (bicyclic) bond motifs is 9. The fourth-order valence-electron chi connectivity index (χ4n) is 14.2. The fourth-order valence-corrected chi connectivity index (χ4v) is 14.2. The molecule has 5 heterocycles. The minimum absolute atomic E-state index is 0. The van der Waals surface area contributed by atoms with Crippen LogP contribution in [0.1, 0.15) is 233 Å². The predicted octanol–water partition coefficient (Wildman–Crippen LogP) is 25.0. The molecule has 12 aromatic rings. The van der Waals surface area contributed by atoms with E-state index in [0.29, 0.717) is 45.3 Å². The van der Waals surface area contributed by atoms with Gasteiger partial charge in [0.2, 0.25) is 0 Å². The summed E-state index contributed by atoms with van der Waals surface area (Å²) in [5.74, 6) is 0.963. The van der Waals surface area contributed by atoms with Gasteiger partial charge in [0.15, 0.2) is 0 Å². The Hall–Kier alpha value is -9.20. The first-order valence-electron chi connectivity index (χ1n) is 37.0. The van der Waals surface area contributed by atoms with Crippen LogP contribution in [0.15, 0.2) is 194 Å². The molecule has 0 aliphatic carbocycles. The van der Waals surface area contributed by atoms with E-state index < -0.39 is 0 Å². The molecular formula is C96H104MnN7. The minimum Gasteiger partial charge on any atom is -0.435 e. The van der Waals surface area contributed by atoms with E-state index in [9.17, 15) is 0 Å². The molecule has 8 heteroatoms. The van der Waals surface area contributed by atoms with Crippen LogP contribution in [0.25, 0.3) is 112 Å². The molecule has 13 rings (SSSR count). The molecule has 1 aliphatic heterocycles. The van der Waals surface area contributed by atoms with Crippen LogP contribution < -0.4 is 15.0 Å². The van der Waals surface area contributed by atoms with Gasteiger partial charge in [-0.2, -0.15) is 0 Å². The van der Waals surface area contributed by atoms with E-state index in [4.69, 9.17) is 34.9 Å². The van der Waals surface area contributed by atoms with Gasteiger partial charge in [0.1, 0.15) is 0 Å². The predicted molar refractivity (Wildman–Crippen MR) is 437 cm³/mol. The molecule has 0 radical (unpaired) electrons. The fraction of sp³-hybridized carbons (Fsp3) is 0.333. The SMILES string of the molecule is CC(C)(C)c1ccc(C2=C(c3ccc(C(C)(C)C)cc3)c3nc2nc2[n-]c(nc4[n-]c(c(-c5ccc(C(C)(C)C)cc5)c4-c4ccc(C(C)(C)C)cc4)c4[n-]c(n3)c(-c3ccc(C(C)(C)C)cc3)c4-c3ccc(C(C)(C)C)cc3)c(-c3ccc(C(C)(C)C)cc3)c2-c2ccc(C(C)(C)C)cc2)cc1.[Mn+3]. The quantitative estimate of drug-likeness (QED) is 0.140. The smallest absolute Gasteiger partial charge is 0.435 e. The average molecular weight is 1410 g/mol. The van der Waals surface area contributed by atoms with Gasteiger partial charge in [-0.15, -0.1) is 0 Å². The van der Waals surface area contributed by atoms with Crippen molar-refractivity contribution in [1.82, 2.24) is 34.9 Å². The van der Waals surface area contributed by atoms with Crippen LogP contribution in [-0.2, 0) is 60.4 Å². The van der Waals surface area contributed by atoms with Gasteiger partial charge in [-0.05, 0) is 188 Å². The van der Waals surface area contributed by atoms with Crippen molar-refractivity contribution in [2.45, 2.75) is 209 Å². The van der Waals surface area contributed by atoms with Crippen LogP contribution in [0.2, 0.25) is 0 Å². The van der Waals surface area contributed by atoms with Crippen molar-refractivity contribution >= 4 is 44.8 Å². The zero-order valence-corrected chi connectivity index (χ0v) is 67.2. The summed E-state index contributed by atoms with van der Waals surface area (Å²) in [5, 5.41) is 0. The molecule has 0 saturated heterocycles.